The van der Waals surface area contributed by atoms with Crippen molar-refractivity contribution in [3.63, 3.8) is 0 Å². The first-order valence-corrected chi connectivity index (χ1v) is 7.18. The van der Waals surface area contributed by atoms with Crippen molar-refractivity contribution >= 4 is 17.4 Å². The number of halogens is 1. The van der Waals surface area contributed by atoms with Crippen molar-refractivity contribution in [3.8, 4) is 12.1 Å². The van der Waals surface area contributed by atoms with Crippen molar-refractivity contribution in [2.75, 3.05) is 13.2 Å². The van der Waals surface area contributed by atoms with Gasteiger partial charge in [-0.1, -0.05) is 29.8 Å². The zero-order valence-electron chi connectivity index (χ0n) is 11.4. The minimum Gasteiger partial charge on any atom is -0.386 e. The molecule has 0 amide bonds. The van der Waals surface area contributed by atoms with E-state index in [4.69, 9.17) is 26.8 Å². The summed E-state index contributed by atoms with van der Waals surface area (Å²) in [4.78, 5) is 4.20. The highest BCUT2D eigenvalue weighted by Crippen LogP contribution is 2.82. The third-order valence-corrected chi connectivity index (χ3v) is 5.17. The molecule has 6 nitrogen and oxygen atoms in total. The Bertz CT molecular complexity index is 789. The number of hydrogen-bond acceptors (Lipinski definition) is 6. The number of ether oxygens (including phenoxy) is 2. The van der Waals surface area contributed by atoms with Gasteiger partial charge in [0, 0.05) is 10.9 Å². The van der Waals surface area contributed by atoms with Crippen LogP contribution in [0.3, 0.4) is 0 Å². The lowest BCUT2D eigenvalue weighted by atomic mass is 9.94. The summed E-state index contributed by atoms with van der Waals surface area (Å²) in [7, 11) is 0. The van der Waals surface area contributed by atoms with Gasteiger partial charge in [0.25, 0.3) is 5.91 Å². The molecule has 1 saturated carbocycles. The van der Waals surface area contributed by atoms with E-state index < -0.39 is 22.7 Å². The fourth-order valence-electron chi connectivity index (χ4n) is 3.89. The monoisotopic (exact) mass is 314 g/mol. The summed E-state index contributed by atoms with van der Waals surface area (Å²) in [6.07, 6.45) is 0. The number of aliphatic imine (C=N–C) groups is 1. The molecule has 2 N–H and O–H groups in total. The molecule has 0 radical (unpaired) electrons. The van der Waals surface area contributed by atoms with Gasteiger partial charge in [-0.25, -0.2) is 4.99 Å². The first-order chi connectivity index (χ1) is 10.6. The fraction of sp³-hybridized carbons (Fsp3) is 0.400. The van der Waals surface area contributed by atoms with Crippen LogP contribution in [0.1, 0.15) is 11.5 Å². The van der Waals surface area contributed by atoms with Gasteiger partial charge >= 0.3 is 0 Å². The maximum Gasteiger partial charge on any atom is 0.293 e. The van der Waals surface area contributed by atoms with Crippen LogP contribution < -0.4 is 5.73 Å². The maximum atomic E-state index is 9.90. The lowest BCUT2D eigenvalue weighted by molar-refractivity contribution is -0.184. The van der Waals surface area contributed by atoms with Crippen LogP contribution in [-0.4, -0.2) is 25.0 Å². The second-order valence-electron chi connectivity index (χ2n) is 5.57. The topological polar surface area (TPSA) is 104 Å². The van der Waals surface area contributed by atoms with Gasteiger partial charge in [0.1, 0.15) is 11.3 Å². The van der Waals surface area contributed by atoms with Crippen LogP contribution in [-0.2, 0) is 9.47 Å². The molecule has 2 fully saturated rings. The Morgan fingerprint density at radius 1 is 1.23 bits per heavy atom. The van der Waals surface area contributed by atoms with Gasteiger partial charge in [-0.15, -0.1) is 0 Å². The molecule has 1 aromatic rings. The summed E-state index contributed by atoms with van der Waals surface area (Å²) in [5.41, 5.74) is 4.14. The molecular formula is C15H11ClN4O2. The number of benzene rings is 1. The average Bonchev–Trinajstić information content (AvgIpc) is 2.76. The van der Waals surface area contributed by atoms with Gasteiger partial charge in [-0.05, 0) is 11.6 Å². The second-order valence-corrected chi connectivity index (χ2v) is 5.98. The Morgan fingerprint density at radius 2 is 1.91 bits per heavy atom. The lowest BCUT2D eigenvalue weighted by Crippen LogP contribution is -2.38. The normalized spacial score (nSPS) is 37.2. The standard InChI is InChI=1S/C15H11ClN4O2/c16-10-4-2-1-3-9(10)11-13(7-17)12(19)20-15(14(11,13)8-18)21-5-6-22-15/h1-4,11H,5-6H2,(H2,19,20). The minimum absolute atomic E-state index is 0.0726. The molecule has 1 spiro atoms. The van der Waals surface area contributed by atoms with Crippen molar-refractivity contribution in [2.45, 2.75) is 11.8 Å². The molecule has 110 valence electrons. The van der Waals surface area contributed by atoms with E-state index >= 15 is 0 Å². The van der Waals surface area contributed by atoms with Crippen molar-refractivity contribution in [1.29, 1.82) is 10.5 Å². The first kappa shape index (κ1) is 13.5. The van der Waals surface area contributed by atoms with Crippen LogP contribution in [0.4, 0.5) is 0 Å². The van der Waals surface area contributed by atoms with Crippen LogP contribution >= 0.6 is 11.6 Å². The Labute approximate surface area is 131 Å². The smallest absolute Gasteiger partial charge is 0.293 e. The minimum atomic E-state index is -1.51. The van der Waals surface area contributed by atoms with Crippen LogP contribution in [0.2, 0.25) is 5.02 Å². The summed E-state index contributed by atoms with van der Waals surface area (Å²) in [5, 5.41) is 20.2. The van der Waals surface area contributed by atoms with Gasteiger partial charge in [0.05, 0.1) is 25.4 Å². The zero-order chi connectivity index (χ0) is 15.6. The van der Waals surface area contributed by atoms with Crippen molar-refractivity contribution in [3.05, 3.63) is 34.9 Å². The summed E-state index contributed by atoms with van der Waals surface area (Å²) in [6, 6.07) is 11.5. The van der Waals surface area contributed by atoms with E-state index in [9.17, 15) is 10.5 Å². The molecule has 3 aliphatic rings. The summed E-state index contributed by atoms with van der Waals surface area (Å²) < 4.78 is 11.3. The SMILES string of the molecule is N#CC12C(N)=NC3(OCCO3)C1(C#N)C2c1ccccc1Cl. The van der Waals surface area contributed by atoms with Gasteiger partial charge in [0.2, 0.25) is 0 Å². The van der Waals surface area contributed by atoms with Gasteiger partial charge in [0.15, 0.2) is 5.41 Å². The van der Waals surface area contributed by atoms with Crippen molar-refractivity contribution in [1.82, 2.24) is 0 Å². The highest BCUT2D eigenvalue weighted by molar-refractivity contribution is 6.31. The number of rotatable bonds is 1. The number of amidine groups is 1. The molecule has 0 bridgehead atoms. The molecule has 4 rings (SSSR count). The molecule has 3 unspecified atom stereocenters. The number of hydrogen-bond donors (Lipinski definition) is 1. The zero-order valence-corrected chi connectivity index (χ0v) is 12.2. The number of nitrogens with zero attached hydrogens (tertiary/aromatic N) is 3. The molecule has 2 aliphatic heterocycles. The highest BCUT2D eigenvalue weighted by atomic mass is 35.5. The van der Waals surface area contributed by atoms with Crippen LogP contribution in [0.25, 0.3) is 0 Å². The first-order valence-electron chi connectivity index (χ1n) is 6.80. The van der Waals surface area contributed by atoms with Crippen LogP contribution in [0.5, 0.6) is 0 Å². The number of fused-ring (bicyclic) bond motifs is 2. The Hall–Kier alpha value is -2.12. The highest BCUT2D eigenvalue weighted by Gasteiger charge is 2.94. The van der Waals surface area contributed by atoms with Gasteiger partial charge < -0.3 is 15.2 Å². The molecule has 1 saturated heterocycles. The molecule has 7 heteroatoms. The van der Waals surface area contributed by atoms with Crippen LogP contribution in [0, 0.1) is 33.5 Å². The molecule has 1 aromatic carbocycles. The maximum absolute atomic E-state index is 9.90. The largest absolute Gasteiger partial charge is 0.386 e. The summed E-state index contributed by atoms with van der Waals surface area (Å²) in [5.74, 6) is -1.96. The molecule has 22 heavy (non-hydrogen) atoms. The van der Waals surface area contributed by atoms with Crippen molar-refractivity contribution in [2.24, 2.45) is 21.6 Å². The molecule has 2 heterocycles. The third-order valence-electron chi connectivity index (χ3n) is 4.82. The number of nitriles is 2. The van der Waals surface area contributed by atoms with E-state index in [1.54, 1.807) is 18.2 Å². The third kappa shape index (κ3) is 1.14. The Kier molecular flexibility index (Phi) is 2.46. The average molecular weight is 315 g/mol. The second kappa shape index (κ2) is 3.99. The van der Waals surface area contributed by atoms with E-state index in [0.29, 0.717) is 23.8 Å². The predicted octanol–water partition coefficient (Wildman–Crippen LogP) is 1.53. The Balaban J connectivity index is 1.97. The molecule has 1 aliphatic carbocycles. The van der Waals surface area contributed by atoms with Crippen LogP contribution in [0.15, 0.2) is 29.3 Å². The van der Waals surface area contributed by atoms with Crippen molar-refractivity contribution < 1.29 is 9.47 Å². The predicted molar refractivity (Wildman–Crippen MR) is 76.5 cm³/mol. The van der Waals surface area contributed by atoms with E-state index in [1.807, 2.05) is 6.07 Å². The summed E-state index contributed by atoms with van der Waals surface area (Å²) in [6.45, 7) is 0.605. The van der Waals surface area contributed by atoms with E-state index in [0.717, 1.165) is 0 Å². The molecule has 0 aromatic heterocycles. The van der Waals surface area contributed by atoms with E-state index in [1.165, 1.54) is 0 Å². The number of nitrogens with two attached hydrogens (primary N) is 1. The van der Waals surface area contributed by atoms with Gasteiger partial charge in [-0.3, -0.25) is 0 Å². The van der Waals surface area contributed by atoms with Gasteiger partial charge in [-0.2, -0.15) is 10.5 Å². The molecular weight excluding hydrogens is 304 g/mol. The molecule has 3 atom stereocenters. The summed E-state index contributed by atoms with van der Waals surface area (Å²) >= 11 is 6.27. The lowest BCUT2D eigenvalue weighted by Gasteiger charge is -2.25. The quantitative estimate of drug-likeness (QED) is 0.846. The van der Waals surface area contributed by atoms with E-state index in [-0.39, 0.29) is 5.84 Å². The van der Waals surface area contributed by atoms with E-state index in [2.05, 4.69) is 17.1 Å². The fourth-order valence-corrected chi connectivity index (χ4v) is 4.14. The Morgan fingerprint density at radius 3 is 2.50 bits per heavy atom.